The summed E-state index contributed by atoms with van der Waals surface area (Å²) in [6, 6.07) is 0. The molecule has 3 heterocycles. The SMILES string of the molecule is NC1(N)N=CN=C2C1=NCN2[C@]1(Cl)O[C@H](CO)[C@@H](O)[C@H]1O. The molecule has 0 aromatic carbocycles. The second-order valence-corrected chi connectivity index (χ2v) is 5.52. The van der Waals surface area contributed by atoms with Crippen molar-refractivity contribution in [1.82, 2.24) is 4.90 Å². The number of aliphatic imine (C=N–C) groups is 3. The monoisotopic (exact) mass is 318 g/mol. The van der Waals surface area contributed by atoms with Crippen LogP contribution < -0.4 is 11.5 Å². The van der Waals surface area contributed by atoms with Crippen LogP contribution in [0.15, 0.2) is 15.0 Å². The molecule has 10 nitrogen and oxygen atoms in total. The number of halogens is 1. The molecule has 0 radical (unpaired) electrons. The molecule has 21 heavy (non-hydrogen) atoms. The summed E-state index contributed by atoms with van der Waals surface area (Å²) < 4.78 is 5.38. The van der Waals surface area contributed by atoms with Gasteiger partial charge in [0.05, 0.1) is 6.61 Å². The summed E-state index contributed by atoms with van der Waals surface area (Å²) in [4.78, 5) is 13.2. The van der Waals surface area contributed by atoms with Crippen LogP contribution in [0.5, 0.6) is 0 Å². The molecule has 1 saturated heterocycles. The van der Waals surface area contributed by atoms with E-state index in [1.165, 1.54) is 4.90 Å². The van der Waals surface area contributed by atoms with E-state index < -0.39 is 35.9 Å². The molecular weight excluding hydrogens is 304 g/mol. The molecule has 0 aromatic heterocycles. The lowest BCUT2D eigenvalue weighted by atomic mass is 10.1. The number of alkyl halides is 1. The fraction of sp³-hybridized carbons (Fsp3) is 0.700. The van der Waals surface area contributed by atoms with Crippen molar-refractivity contribution < 1.29 is 20.1 Å². The van der Waals surface area contributed by atoms with Gasteiger partial charge in [-0.15, -0.1) is 0 Å². The van der Waals surface area contributed by atoms with Crippen LogP contribution in [0.25, 0.3) is 0 Å². The fourth-order valence-electron chi connectivity index (χ4n) is 2.46. The van der Waals surface area contributed by atoms with E-state index in [-0.39, 0.29) is 18.2 Å². The van der Waals surface area contributed by atoms with E-state index in [0.717, 1.165) is 6.34 Å². The van der Waals surface area contributed by atoms with Crippen LogP contribution in [0, 0.1) is 0 Å². The number of aliphatic hydroxyl groups is 3. The second-order valence-electron chi connectivity index (χ2n) is 4.98. The maximum atomic E-state index is 10.1. The van der Waals surface area contributed by atoms with Gasteiger partial charge in [-0.25, -0.2) is 9.98 Å². The van der Waals surface area contributed by atoms with Crippen LogP contribution >= 0.6 is 11.6 Å². The number of rotatable bonds is 2. The third-order valence-corrected chi connectivity index (χ3v) is 4.12. The summed E-state index contributed by atoms with van der Waals surface area (Å²) >= 11 is 6.31. The molecule has 3 aliphatic rings. The van der Waals surface area contributed by atoms with Crippen molar-refractivity contribution in [3.63, 3.8) is 0 Å². The van der Waals surface area contributed by atoms with Crippen molar-refractivity contribution >= 4 is 29.5 Å². The molecule has 0 amide bonds. The predicted molar refractivity (Wildman–Crippen MR) is 73.7 cm³/mol. The second kappa shape index (κ2) is 4.68. The molecule has 4 atom stereocenters. The van der Waals surface area contributed by atoms with Gasteiger partial charge in [-0.1, -0.05) is 11.6 Å². The third kappa shape index (κ3) is 1.99. The highest BCUT2D eigenvalue weighted by Crippen LogP contribution is 2.40. The highest BCUT2D eigenvalue weighted by molar-refractivity contribution is 6.48. The van der Waals surface area contributed by atoms with Crippen molar-refractivity contribution in [2.24, 2.45) is 26.4 Å². The molecule has 0 saturated carbocycles. The van der Waals surface area contributed by atoms with Gasteiger partial charge >= 0.3 is 0 Å². The third-order valence-electron chi connectivity index (χ3n) is 3.60. The van der Waals surface area contributed by atoms with Gasteiger partial charge in [0.15, 0.2) is 5.84 Å². The largest absolute Gasteiger partial charge is 0.394 e. The highest BCUT2D eigenvalue weighted by Gasteiger charge is 2.59. The number of fused-ring (bicyclic) bond motifs is 1. The zero-order chi connectivity index (χ0) is 15.4. The molecule has 0 bridgehead atoms. The van der Waals surface area contributed by atoms with Gasteiger partial charge in [0, 0.05) is 0 Å². The Hall–Kier alpha value is -1.14. The molecule has 7 N–H and O–H groups in total. The Balaban J connectivity index is 1.93. The molecule has 116 valence electrons. The van der Waals surface area contributed by atoms with E-state index in [1.807, 2.05) is 0 Å². The average Bonchev–Trinajstić information content (AvgIpc) is 2.96. The fourth-order valence-corrected chi connectivity index (χ4v) is 2.84. The minimum atomic E-state index is -1.84. The summed E-state index contributed by atoms with van der Waals surface area (Å²) in [6.45, 7) is -0.529. The van der Waals surface area contributed by atoms with Gasteiger partial charge in [-0.3, -0.25) is 21.4 Å². The highest BCUT2D eigenvalue weighted by atomic mass is 35.5. The molecule has 3 aliphatic heterocycles. The molecule has 0 aliphatic carbocycles. The van der Waals surface area contributed by atoms with Gasteiger partial charge in [0.2, 0.25) is 5.79 Å². The Kier molecular flexibility index (Phi) is 3.29. The smallest absolute Gasteiger partial charge is 0.251 e. The molecule has 11 heteroatoms. The number of hydrogen-bond acceptors (Lipinski definition) is 10. The van der Waals surface area contributed by atoms with Crippen molar-refractivity contribution in [3.8, 4) is 0 Å². The zero-order valence-electron chi connectivity index (χ0n) is 10.8. The normalized spacial score (nSPS) is 41.0. The Bertz CT molecular complexity index is 552. The Morgan fingerprint density at radius 3 is 2.81 bits per heavy atom. The maximum Gasteiger partial charge on any atom is 0.251 e. The Labute approximate surface area is 124 Å². The lowest BCUT2D eigenvalue weighted by Crippen LogP contribution is -2.62. The standard InChI is InChI=1S/C10H15ClN6O4/c11-9(7(20)5(19)4(1-18)21-9)17-3-15-6-8(17)14-2-16-10(6,12)13/h2,4-5,7,18-20H,1,3,12-13H2/t4-,5-,7-,9+/m1/s1. The van der Waals surface area contributed by atoms with Crippen LogP contribution in [-0.4, -0.2) is 80.7 Å². The van der Waals surface area contributed by atoms with E-state index >= 15 is 0 Å². The van der Waals surface area contributed by atoms with Crippen LogP contribution in [0.4, 0.5) is 0 Å². The molecule has 0 spiro atoms. The number of nitrogens with zero attached hydrogens (tertiary/aromatic N) is 4. The Morgan fingerprint density at radius 2 is 2.19 bits per heavy atom. The lowest BCUT2D eigenvalue weighted by Gasteiger charge is -2.36. The first-order valence-electron chi connectivity index (χ1n) is 6.17. The van der Waals surface area contributed by atoms with E-state index in [1.54, 1.807) is 0 Å². The van der Waals surface area contributed by atoms with Crippen molar-refractivity contribution in [2.45, 2.75) is 29.3 Å². The van der Waals surface area contributed by atoms with Crippen molar-refractivity contribution in [1.29, 1.82) is 0 Å². The van der Waals surface area contributed by atoms with Crippen LogP contribution in [-0.2, 0) is 4.74 Å². The lowest BCUT2D eigenvalue weighted by molar-refractivity contribution is -0.101. The van der Waals surface area contributed by atoms with E-state index in [0.29, 0.717) is 0 Å². The van der Waals surface area contributed by atoms with E-state index in [2.05, 4.69) is 15.0 Å². The predicted octanol–water partition coefficient (Wildman–Crippen LogP) is -3.28. The zero-order valence-corrected chi connectivity index (χ0v) is 11.6. The minimum Gasteiger partial charge on any atom is -0.394 e. The van der Waals surface area contributed by atoms with Gasteiger partial charge < -0.3 is 20.1 Å². The summed E-state index contributed by atoms with van der Waals surface area (Å²) in [5, 5.41) is 27.3. The maximum absolute atomic E-state index is 10.1. The van der Waals surface area contributed by atoms with Gasteiger partial charge in [0.25, 0.3) is 5.18 Å². The summed E-state index contributed by atoms with van der Waals surface area (Å²) in [6.07, 6.45) is -2.71. The van der Waals surface area contributed by atoms with Crippen LogP contribution in [0.3, 0.4) is 0 Å². The van der Waals surface area contributed by atoms with Crippen LogP contribution in [0.2, 0.25) is 0 Å². The topological polar surface area (TPSA) is 162 Å². The van der Waals surface area contributed by atoms with Crippen molar-refractivity contribution in [3.05, 3.63) is 0 Å². The first kappa shape index (κ1) is 14.8. The molecular formula is C10H15ClN6O4. The quantitative estimate of drug-likeness (QED) is 0.202. The molecule has 1 fully saturated rings. The summed E-state index contributed by atoms with van der Waals surface area (Å²) in [5.74, 6) is -1.34. The van der Waals surface area contributed by atoms with Crippen LogP contribution in [0.1, 0.15) is 0 Å². The number of nitrogens with two attached hydrogens (primary N) is 2. The number of ether oxygens (including phenoxy) is 1. The molecule has 3 rings (SSSR count). The Morgan fingerprint density at radius 1 is 1.48 bits per heavy atom. The average molecular weight is 319 g/mol. The van der Waals surface area contributed by atoms with Gasteiger partial charge in [-0.05, 0) is 0 Å². The van der Waals surface area contributed by atoms with Gasteiger partial charge in [0.1, 0.15) is 37.0 Å². The minimum absolute atomic E-state index is 0.0287. The first-order chi connectivity index (χ1) is 9.81. The van der Waals surface area contributed by atoms with E-state index in [4.69, 9.17) is 32.9 Å². The van der Waals surface area contributed by atoms with E-state index in [9.17, 15) is 10.2 Å². The first-order valence-corrected chi connectivity index (χ1v) is 6.55. The van der Waals surface area contributed by atoms with Crippen molar-refractivity contribution in [2.75, 3.05) is 13.3 Å². The number of hydrogen-bond donors (Lipinski definition) is 5. The molecule has 0 unspecified atom stereocenters. The summed E-state index contributed by atoms with van der Waals surface area (Å²) in [7, 11) is 0. The number of aliphatic hydroxyl groups excluding tert-OH is 3. The molecule has 0 aromatic rings. The van der Waals surface area contributed by atoms with Gasteiger partial charge in [-0.2, -0.15) is 0 Å². The number of amidine groups is 1. The summed E-state index contributed by atoms with van der Waals surface area (Å²) in [5.41, 5.74) is 11.8.